The van der Waals surface area contributed by atoms with Crippen LogP contribution >= 0.6 is 0 Å². The van der Waals surface area contributed by atoms with Crippen LogP contribution in [0.1, 0.15) is 36.8 Å². The number of likely N-dealkylation sites (tertiary alicyclic amines) is 1. The zero-order valence-corrected chi connectivity index (χ0v) is 17.5. The summed E-state index contributed by atoms with van der Waals surface area (Å²) in [6.07, 6.45) is 6.39. The number of benzene rings is 1. The van der Waals surface area contributed by atoms with Crippen molar-refractivity contribution in [1.82, 2.24) is 14.8 Å². The number of aromatic nitrogens is 1. The van der Waals surface area contributed by atoms with Gasteiger partial charge in [-0.05, 0) is 61.0 Å². The molecule has 1 aliphatic rings. The van der Waals surface area contributed by atoms with Crippen molar-refractivity contribution < 1.29 is 4.74 Å². The van der Waals surface area contributed by atoms with E-state index in [1.165, 1.54) is 43.6 Å². The summed E-state index contributed by atoms with van der Waals surface area (Å²) in [6.45, 7) is 9.93. The molecule has 1 fully saturated rings. The average molecular weight is 382 g/mol. The van der Waals surface area contributed by atoms with Gasteiger partial charge in [-0.1, -0.05) is 37.3 Å². The lowest BCUT2D eigenvalue weighted by Crippen LogP contribution is -2.40. The number of pyridine rings is 1. The summed E-state index contributed by atoms with van der Waals surface area (Å²) in [5, 5.41) is 0. The van der Waals surface area contributed by atoms with Crippen LogP contribution in [-0.4, -0.2) is 61.2 Å². The molecule has 1 aromatic carbocycles. The molecule has 0 radical (unpaired) electrons. The van der Waals surface area contributed by atoms with Crippen LogP contribution in [0.2, 0.25) is 0 Å². The second-order valence-corrected chi connectivity index (χ2v) is 8.14. The number of methoxy groups -OCH3 is 1. The molecule has 2 aromatic rings. The maximum Gasteiger partial charge on any atom is 0.0589 e. The van der Waals surface area contributed by atoms with Crippen molar-refractivity contribution in [2.45, 2.75) is 32.2 Å². The van der Waals surface area contributed by atoms with E-state index < -0.39 is 0 Å². The number of rotatable bonds is 10. The average Bonchev–Trinajstić information content (AvgIpc) is 2.74. The summed E-state index contributed by atoms with van der Waals surface area (Å²) < 4.78 is 5.23. The fourth-order valence-electron chi connectivity index (χ4n) is 4.20. The smallest absolute Gasteiger partial charge is 0.0589 e. The molecular weight excluding hydrogens is 346 g/mol. The molecular formula is C24H35N3O. The summed E-state index contributed by atoms with van der Waals surface area (Å²) >= 11 is 0. The van der Waals surface area contributed by atoms with E-state index in [0.29, 0.717) is 5.92 Å². The summed E-state index contributed by atoms with van der Waals surface area (Å²) in [7, 11) is 1.79. The minimum atomic E-state index is 0.532. The van der Waals surface area contributed by atoms with Gasteiger partial charge in [0.1, 0.15) is 0 Å². The van der Waals surface area contributed by atoms with Gasteiger partial charge >= 0.3 is 0 Å². The van der Waals surface area contributed by atoms with Gasteiger partial charge in [-0.3, -0.25) is 9.88 Å². The topological polar surface area (TPSA) is 28.6 Å². The highest BCUT2D eigenvalue weighted by atomic mass is 16.5. The van der Waals surface area contributed by atoms with Crippen LogP contribution in [-0.2, 0) is 11.3 Å². The Balaban J connectivity index is 1.58. The maximum absolute atomic E-state index is 5.23. The van der Waals surface area contributed by atoms with E-state index in [1.807, 2.05) is 12.4 Å². The molecule has 0 saturated carbocycles. The highest BCUT2D eigenvalue weighted by Gasteiger charge is 2.22. The molecule has 4 nitrogen and oxygen atoms in total. The van der Waals surface area contributed by atoms with E-state index in [0.717, 1.165) is 32.2 Å². The molecule has 4 heteroatoms. The Morgan fingerprint density at radius 2 is 1.82 bits per heavy atom. The Labute approximate surface area is 170 Å². The third-order valence-corrected chi connectivity index (χ3v) is 5.89. The van der Waals surface area contributed by atoms with Gasteiger partial charge < -0.3 is 9.64 Å². The Bertz CT molecular complexity index is 656. The molecule has 152 valence electrons. The van der Waals surface area contributed by atoms with Crippen LogP contribution < -0.4 is 0 Å². The highest BCUT2D eigenvalue weighted by Crippen LogP contribution is 2.22. The second-order valence-electron chi connectivity index (χ2n) is 8.14. The number of piperidine rings is 1. The fraction of sp³-hybridized carbons (Fsp3) is 0.542. The van der Waals surface area contributed by atoms with Gasteiger partial charge in [-0.15, -0.1) is 0 Å². The SMILES string of the molecule is COCCN1CCC(CN(Cc2ccncc2)CC(C)c2ccccc2)CC1. The minimum Gasteiger partial charge on any atom is -0.383 e. The monoisotopic (exact) mass is 381 g/mol. The minimum absolute atomic E-state index is 0.532. The molecule has 1 aromatic heterocycles. The van der Waals surface area contributed by atoms with Crippen LogP contribution in [0.5, 0.6) is 0 Å². The lowest BCUT2D eigenvalue weighted by Gasteiger charge is -2.35. The molecule has 0 aliphatic carbocycles. The first-order valence-electron chi connectivity index (χ1n) is 10.6. The summed E-state index contributed by atoms with van der Waals surface area (Å²) in [5.41, 5.74) is 2.78. The van der Waals surface area contributed by atoms with Crippen molar-refractivity contribution in [3.05, 3.63) is 66.0 Å². The van der Waals surface area contributed by atoms with Crippen LogP contribution in [0.25, 0.3) is 0 Å². The molecule has 3 rings (SSSR count). The summed E-state index contributed by atoms with van der Waals surface area (Å²) in [6, 6.07) is 15.2. The quantitative estimate of drug-likeness (QED) is 0.621. The van der Waals surface area contributed by atoms with E-state index in [9.17, 15) is 0 Å². The largest absolute Gasteiger partial charge is 0.383 e. The van der Waals surface area contributed by atoms with Crippen LogP contribution in [0.3, 0.4) is 0 Å². The van der Waals surface area contributed by atoms with Crippen molar-refractivity contribution in [3.63, 3.8) is 0 Å². The number of hydrogen-bond acceptors (Lipinski definition) is 4. The van der Waals surface area contributed by atoms with Crippen LogP contribution in [0.4, 0.5) is 0 Å². The Hall–Kier alpha value is -1.75. The standard InChI is InChI=1S/C24H35N3O/c1-21(24-6-4-3-5-7-24)18-27(19-22-8-12-25-13-9-22)20-23-10-14-26(15-11-23)16-17-28-2/h3-9,12-13,21,23H,10-11,14-20H2,1-2H3. The van der Waals surface area contributed by atoms with Gasteiger partial charge in [0.05, 0.1) is 6.61 Å². The lowest BCUT2D eigenvalue weighted by atomic mass is 9.94. The first kappa shape index (κ1) is 21.0. The zero-order valence-electron chi connectivity index (χ0n) is 17.5. The van der Waals surface area contributed by atoms with Gasteiger partial charge in [-0.2, -0.15) is 0 Å². The lowest BCUT2D eigenvalue weighted by molar-refractivity contribution is 0.104. The van der Waals surface area contributed by atoms with Gasteiger partial charge in [-0.25, -0.2) is 0 Å². The first-order chi connectivity index (χ1) is 13.7. The molecule has 28 heavy (non-hydrogen) atoms. The normalized spacial score (nSPS) is 17.1. The summed E-state index contributed by atoms with van der Waals surface area (Å²) in [5.74, 6) is 1.31. The Kier molecular flexibility index (Phi) is 8.46. The number of hydrogen-bond donors (Lipinski definition) is 0. The molecule has 1 atom stereocenters. The highest BCUT2D eigenvalue weighted by molar-refractivity contribution is 5.19. The molecule has 2 heterocycles. The molecule has 0 spiro atoms. The van der Waals surface area contributed by atoms with Gasteiger partial charge in [0.15, 0.2) is 0 Å². The van der Waals surface area contributed by atoms with Gasteiger partial charge in [0.25, 0.3) is 0 Å². The molecule has 1 aliphatic heterocycles. The van der Waals surface area contributed by atoms with Crippen LogP contribution in [0, 0.1) is 5.92 Å². The van der Waals surface area contributed by atoms with Crippen LogP contribution in [0.15, 0.2) is 54.9 Å². The van der Waals surface area contributed by atoms with E-state index in [2.05, 4.69) is 64.2 Å². The third-order valence-electron chi connectivity index (χ3n) is 5.89. The zero-order chi connectivity index (χ0) is 19.6. The number of nitrogens with zero attached hydrogens (tertiary/aromatic N) is 3. The van der Waals surface area contributed by atoms with E-state index >= 15 is 0 Å². The van der Waals surface area contributed by atoms with E-state index in [4.69, 9.17) is 4.74 Å². The fourth-order valence-corrected chi connectivity index (χ4v) is 4.20. The second kappa shape index (κ2) is 11.3. The molecule has 1 unspecified atom stereocenters. The van der Waals surface area contributed by atoms with Gasteiger partial charge in [0.2, 0.25) is 0 Å². The molecule has 0 N–H and O–H groups in total. The van der Waals surface area contributed by atoms with Crippen molar-refractivity contribution in [2.24, 2.45) is 5.92 Å². The molecule has 0 amide bonds. The van der Waals surface area contributed by atoms with Crippen molar-refractivity contribution in [2.75, 3.05) is 46.4 Å². The number of ether oxygens (including phenoxy) is 1. The molecule has 1 saturated heterocycles. The third kappa shape index (κ3) is 6.69. The Morgan fingerprint density at radius 3 is 2.50 bits per heavy atom. The van der Waals surface area contributed by atoms with Crippen molar-refractivity contribution >= 4 is 0 Å². The van der Waals surface area contributed by atoms with E-state index in [-0.39, 0.29) is 0 Å². The predicted molar refractivity (Wildman–Crippen MR) is 115 cm³/mol. The van der Waals surface area contributed by atoms with E-state index in [1.54, 1.807) is 7.11 Å². The first-order valence-corrected chi connectivity index (χ1v) is 10.6. The van der Waals surface area contributed by atoms with Crippen molar-refractivity contribution in [1.29, 1.82) is 0 Å². The predicted octanol–water partition coefficient (Wildman–Crippen LogP) is 4.05. The summed E-state index contributed by atoms with van der Waals surface area (Å²) in [4.78, 5) is 9.37. The van der Waals surface area contributed by atoms with Gasteiger partial charge in [0, 0.05) is 45.7 Å². The Morgan fingerprint density at radius 1 is 1.11 bits per heavy atom. The maximum atomic E-state index is 5.23. The van der Waals surface area contributed by atoms with Crippen molar-refractivity contribution in [3.8, 4) is 0 Å². The molecule has 0 bridgehead atoms.